The number of aromatic nitrogens is 2. The fraction of sp³-hybridized carbons (Fsp3) is 0.231. The van der Waals surface area contributed by atoms with Crippen LogP contribution in [0.1, 0.15) is 11.4 Å². The Bertz CT molecular complexity index is 735. The molecule has 20 heavy (non-hydrogen) atoms. The van der Waals surface area contributed by atoms with Crippen molar-refractivity contribution in [1.82, 2.24) is 9.55 Å². The maximum absolute atomic E-state index is 12.1. The van der Waals surface area contributed by atoms with Gasteiger partial charge in [0, 0.05) is 18.9 Å². The largest absolute Gasteiger partial charge is 0.337 e. The summed E-state index contributed by atoms with van der Waals surface area (Å²) < 4.78 is 28.4. The topological polar surface area (TPSA) is 87.8 Å². The first-order valence-corrected chi connectivity index (χ1v) is 7.39. The maximum Gasteiger partial charge on any atom is 0.280 e. The zero-order valence-corrected chi connectivity index (χ0v) is 12.0. The second-order valence-electron chi connectivity index (χ2n) is 4.37. The van der Waals surface area contributed by atoms with Crippen molar-refractivity contribution in [1.29, 1.82) is 5.26 Å². The molecule has 1 aromatic heterocycles. The minimum absolute atomic E-state index is 0.0152. The number of aryl methyl sites for hydroxylation is 2. The van der Waals surface area contributed by atoms with Gasteiger partial charge in [-0.2, -0.15) is 13.7 Å². The number of anilines is 1. The number of nitriles is 1. The van der Waals surface area contributed by atoms with Crippen LogP contribution in [0.15, 0.2) is 35.5 Å². The SMILES string of the molecule is Cc1nc(S(=O)(=O)Nc2ccc(CC#N)cc2)cn1C. The molecule has 0 atom stereocenters. The number of nitrogens with one attached hydrogen (secondary N) is 1. The molecule has 6 nitrogen and oxygen atoms in total. The molecule has 0 aliphatic heterocycles. The average molecular weight is 290 g/mol. The summed E-state index contributed by atoms with van der Waals surface area (Å²) in [7, 11) is -1.95. The summed E-state index contributed by atoms with van der Waals surface area (Å²) in [5.41, 5.74) is 1.28. The summed E-state index contributed by atoms with van der Waals surface area (Å²) >= 11 is 0. The molecule has 0 aliphatic carbocycles. The Balaban J connectivity index is 2.22. The van der Waals surface area contributed by atoms with Gasteiger partial charge in [0.05, 0.1) is 12.5 Å². The third-order valence-corrected chi connectivity index (χ3v) is 4.10. The fourth-order valence-electron chi connectivity index (χ4n) is 1.65. The van der Waals surface area contributed by atoms with Crippen molar-refractivity contribution in [3.05, 3.63) is 41.9 Å². The second kappa shape index (κ2) is 5.35. The van der Waals surface area contributed by atoms with E-state index in [0.717, 1.165) is 5.56 Å². The molecule has 1 aromatic carbocycles. The van der Waals surface area contributed by atoms with Crippen molar-refractivity contribution in [2.45, 2.75) is 18.4 Å². The van der Waals surface area contributed by atoms with E-state index in [-0.39, 0.29) is 5.03 Å². The summed E-state index contributed by atoms with van der Waals surface area (Å²) in [5.74, 6) is 0.620. The summed E-state index contributed by atoms with van der Waals surface area (Å²) in [6.07, 6.45) is 1.76. The molecule has 1 heterocycles. The summed E-state index contributed by atoms with van der Waals surface area (Å²) in [6, 6.07) is 8.71. The predicted molar refractivity (Wildman–Crippen MR) is 74.5 cm³/mol. The normalized spacial score (nSPS) is 11.1. The van der Waals surface area contributed by atoms with Crippen LogP contribution in [0.5, 0.6) is 0 Å². The van der Waals surface area contributed by atoms with Gasteiger partial charge in [0.2, 0.25) is 0 Å². The van der Waals surface area contributed by atoms with E-state index in [2.05, 4.69) is 9.71 Å². The summed E-state index contributed by atoms with van der Waals surface area (Å²) in [4.78, 5) is 3.99. The highest BCUT2D eigenvalue weighted by Crippen LogP contribution is 2.16. The fourth-order valence-corrected chi connectivity index (χ4v) is 2.75. The van der Waals surface area contributed by atoms with E-state index in [9.17, 15) is 8.42 Å². The van der Waals surface area contributed by atoms with Crippen molar-refractivity contribution >= 4 is 15.7 Å². The van der Waals surface area contributed by atoms with Crippen molar-refractivity contribution < 1.29 is 8.42 Å². The van der Waals surface area contributed by atoms with Crippen molar-refractivity contribution in [3.8, 4) is 6.07 Å². The number of nitrogens with zero attached hydrogens (tertiary/aromatic N) is 3. The Morgan fingerprint density at radius 2 is 2.00 bits per heavy atom. The zero-order valence-electron chi connectivity index (χ0n) is 11.2. The average Bonchev–Trinajstić information content (AvgIpc) is 2.73. The van der Waals surface area contributed by atoms with E-state index in [0.29, 0.717) is 17.9 Å². The molecular weight excluding hydrogens is 276 g/mol. The number of hydrogen-bond donors (Lipinski definition) is 1. The number of imidazole rings is 1. The van der Waals surface area contributed by atoms with Crippen molar-refractivity contribution in [2.75, 3.05) is 4.72 Å². The lowest BCUT2D eigenvalue weighted by Crippen LogP contribution is -2.13. The van der Waals surface area contributed by atoms with Gasteiger partial charge >= 0.3 is 0 Å². The highest BCUT2D eigenvalue weighted by Gasteiger charge is 2.18. The Labute approximate surface area is 117 Å². The first-order chi connectivity index (χ1) is 9.42. The van der Waals surface area contributed by atoms with E-state index in [1.807, 2.05) is 6.07 Å². The minimum atomic E-state index is -3.69. The van der Waals surface area contributed by atoms with Crippen LogP contribution < -0.4 is 4.72 Å². The first-order valence-electron chi connectivity index (χ1n) is 5.91. The quantitative estimate of drug-likeness (QED) is 0.926. The van der Waals surface area contributed by atoms with E-state index in [1.54, 1.807) is 42.8 Å². The predicted octanol–water partition coefficient (Wildman–Crippen LogP) is 1.60. The van der Waals surface area contributed by atoms with Crippen LogP contribution in [0, 0.1) is 18.3 Å². The van der Waals surface area contributed by atoms with Gasteiger partial charge in [0.25, 0.3) is 10.0 Å². The van der Waals surface area contributed by atoms with Crippen LogP contribution >= 0.6 is 0 Å². The first kappa shape index (κ1) is 14.1. The Hall–Kier alpha value is -2.33. The van der Waals surface area contributed by atoms with E-state index in [4.69, 9.17) is 5.26 Å². The smallest absolute Gasteiger partial charge is 0.280 e. The number of rotatable bonds is 4. The molecule has 2 rings (SSSR count). The van der Waals surface area contributed by atoms with Crippen LogP contribution in [0.2, 0.25) is 0 Å². The maximum atomic E-state index is 12.1. The van der Waals surface area contributed by atoms with E-state index >= 15 is 0 Å². The third kappa shape index (κ3) is 2.97. The molecule has 0 fully saturated rings. The molecule has 0 aliphatic rings. The highest BCUT2D eigenvalue weighted by molar-refractivity contribution is 7.92. The molecule has 2 aromatic rings. The van der Waals surface area contributed by atoms with Crippen LogP contribution in [0.25, 0.3) is 0 Å². The van der Waals surface area contributed by atoms with Crippen LogP contribution in [-0.4, -0.2) is 18.0 Å². The highest BCUT2D eigenvalue weighted by atomic mass is 32.2. The lowest BCUT2D eigenvalue weighted by atomic mass is 10.1. The van der Waals surface area contributed by atoms with Crippen LogP contribution in [0.4, 0.5) is 5.69 Å². The molecule has 0 amide bonds. The molecule has 0 saturated carbocycles. The van der Waals surface area contributed by atoms with Gasteiger partial charge < -0.3 is 4.57 Å². The number of sulfonamides is 1. The number of benzene rings is 1. The minimum Gasteiger partial charge on any atom is -0.337 e. The van der Waals surface area contributed by atoms with Gasteiger partial charge in [-0.25, -0.2) is 4.98 Å². The Kier molecular flexibility index (Phi) is 3.77. The Morgan fingerprint density at radius 3 is 2.50 bits per heavy atom. The standard InChI is InChI=1S/C13H14N4O2S/c1-10-15-13(9-17(10)2)20(18,19)16-12-5-3-11(4-6-12)7-8-14/h3-6,9,16H,7H2,1-2H3. The van der Waals surface area contributed by atoms with Gasteiger partial charge in [0.15, 0.2) is 5.03 Å². The van der Waals surface area contributed by atoms with Crippen LogP contribution in [0.3, 0.4) is 0 Å². The molecule has 0 radical (unpaired) electrons. The van der Waals surface area contributed by atoms with Crippen molar-refractivity contribution in [2.24, 2.45) is 7.05 Å². The number of hydrogen-bond acceptors (Lipinski definition) is 4. The van der Waals surface area contributed by atoms with Gasteiger partial charge in [-0.05, 0) is 24.6 Å². The lowest BCUT2D eigenvalue weighted by Gasteiger charge is -2.06. The molecular formula is C13H14N4O2S. The Morgan fingerprint density at radius 1 is 1.35 bits per heavy atom. The summed E-state index contributed by atoms with van der Waals surface area (Å²) in [6.45, 7) is 1.73. The monoisotopic (exact) mass is 290 g/mol. The van der Waals surface area contributed by atoms with E-state index in [1.165, 1.54) is 6.20 Å². The molecule has 104 valence electrons. The molecule has 1 N–H and O–H groups in total. The zero-order chi connectivity index (χ0) is 14.8. The molecule has 0 saturated heterocycles. The van der Waals surface area contributed by atoms with Gasteiger partial charge in [-0.15, -0.1) is 0 Å². The van der Waals surface area contributed by atoms with Gasteiger partial charge in [-0.3, -0.25) is 4.72 Å². The van der Waals surface area contributed by atoms with Gasteiger partial charge in [0.1, 0.15) is 5.82 Å². The molecule has 7 heteroatoms. The second-order valence-corrected chi connectivity index (χ2v) is 6.00. The molecule has 0 bridgehead atoms. The molecule has 0 spiro atoms. The lowest BCUT2D eigenvalue weighted by molar-refractivity contribution is 0.598. The van der Waals surface area contributed by atoms with Gasteiger partial charge in [-0.1, -0.05) is 12.1 Å². The summed E-state index contributed by atoms with van der Waals surface area (Å²) in [5, 5.41) is 8.57. The van der Waals surface area contributed by atoms with E-state index < -0.39 is 10.0 Å². The van der Waals surface area contributed by atoms with Crippen LogP contribution in [-0.2, 0) is 23.5 Å². The third-order valence-electron chi connectivity index (χ3n) is 2.85. The molecule has 0 unspecified atom stereocenters. The van der Waals surface area contributed by atoms with Crippen molar-refractivity contribution in [3.63, 3.8) is 0 Å².